The van der Waals surface area contributed by atoms with Gasteiger partial charge in [0.25, 0.3) is 5.91 Å². The lowest BCUT2D eigenvalue weighted by molar-refractivity contribution is -0.125. The second-order valence-corrected chi connectivity index (χ2v) is 7.59. The van der Waals surface area contributed by atoms with Crippen molar-refractivity contribution in [2.75, 3.05) is 12.4 Å². The van der Waals surface area contributed by atoms with Crippen LogP contribution < -0.4 is 10.1 Å². The molecule has 1 aliphatic rings. The van der Waals surface area contributed by atoms with Crippen molar-refractivity contribution >= 4 is 40.6 Å². The lowest BCUT2D eigenvalue weighted by atomic mass is 10.0. The molecular weight excluding hydrogens is 446 g/mol. The van der Waals surface area contributed by atoms with Crippen LogP contribution in [0.25, 0.3) is 0 Å². The Bertz CT molecular complexity index is 1130. The number of halogens is 3. The number of carbonyl (C=O) groups is 1. The number of nitrogens with one attached hydrogen (secondary N) is 1. The highest BCUT2D eigenvalue weighted by atomic mass is 35.5. The highest BCUT2D eigenvalue weighted by Gasteiger charge is 2.30. The maximum Gasteiger partial charge on any atom is 0.269 e. The largest absolute Gasteiger partial charge is 0.497 e. The summed E-state index contributed by atoms with van der Waals surface area (Å²) in [4.78, 5) is 17.9. The molecule has 1 unspecified atom stereocenters. The molecule has 0 saturated heterocycles. The zero-order chi connectivity index (χ0) is 22.0. The lowest BCUT2D eigenvalue weighted by Crippen LogP contribution is -2.28. The molecule has 0 saturated carbocycles. The monoisotopic (exact) mass is 462 g/mol. The van der Waals surface area contributed by atoms with E-state index in [1.54, 1.807) is 25.3 Å². The van der Waals surface area contributed by atoms with E-state index in [9.17, 15) is 9.18 Å². The van der Waals surface area contributed by atoms with Gasteiger partial charge in [-0.2, -0.15) is 5.10 Å². The number of carbonyl (C=O) groups excluding carboxylic acids is 1. The van der Waals surface area contributed by atoms with Crippen LogP contribution >= 0.6 is 23.2 Å². The standard InChI is InChI=1S/C21H17Cl2FN4O3/c1-30-13-7-5-12(6-8-13)18-9-19(31-27-18)21(29)25-20-16(23)11-28(26-20)10-14-15(22)3-2-4-17(14)24/h2-8,11,19H,9-10H2,1H3,(H,25,26,29). The van der Waals surface area contributed by atoms with E-state index in [1.165, 1.54) is 23.0 Å². The first-order valence-corrected chi connectivity index (χ1v) is 10.0. The summed E-state index contributed by atoms with van der Waals surface area (Å²) < 4.78 is 20.5. The highest BCUT2D eigenvalue weighted by molar-refractivity contribution is 6.33. The average Bonchev–Trinajstić information content (AvgIpc) is 3.38. The third-order valence-electron chi connectivity index (χ3n) is 4.72. The lowest BCUT2D eigenvalue weighted by Gasteiger charge is -2.08. The third kappa shape index (κ3) is 4.65. The summed E-state index contributed by atoms with van der Waals surface area (Å²) in [5.74, 6) is -0.0318. The minimum absolute atomic E-state index is 0.0613. The topological polar surface area (TPSA) is 77.7 Å². The van der Waals surface area contributed by atoms with Gasteiger partial charge in [-0.25, -0.2) is 4.39 Å². The van der Waals surface area contributed by atoms with Crippen LogP contribution in [0.3, 0.4) is 0 Å². The van der Waals surface area contributed by atoms with E-state index < -0.39 is 17.8 Å². The van der Waals surface area contributed by atoms with Crippen LogP contribution in [-0.4, -0.2) is 34.6 Å². The van der Waals surface area contributed by atoms with E-state index in [1.807, 2.05) is 12.1 Å². The molecule has 7 nitrogen and oxygen atoms in total. The summed E-state index contributed by atoms with van der Waals surface area (Å²) in [7, 11) is 1.59. The molecule has 2 aromatic carbocycles. The maximum absolute atomic E-state index is 14.0. The van der Waals surface area contributed by atoms with Crippen LogP contribution in [0.15, 0.2) is 53.8 Å². The Hall–Kier alpha value is -3.10. The molecule has 31 heavy (non-hydrogen) atoms. The van der Waals surface area contributed by atoms with Crippen molar-refractivity contribution in [2.45, 2.75) is 19.1 Å². The number of aromatic nitrogens is 2. The van der Waals surface area contributed by atoms with Gasteiger partial charge in [-0.05, 0) is 42.0 Å². The summed E-state index contributed by atoms with van der Waals surface area (Å²) in [5, 5.41) is 11.3. The minimum atomic E-state index is -0.820. The average molecular weight is 463 g/mol. The molecule has 160 valence electrons. The normalized spacial score (nSPS) is 15.4. The van der Waals surface area contributed by atoms with Crippen LogP contribution in [0.5, 0.6) is 5.75 Å². The summed E-state index contributed by atoms with van der Waals surface area (Å²) >= 11 is 12.2. The molecule has 0 bridgehead atoms. The molecule has 1 atom stereocenters. The van der Waals surface area contributed by atoms with E-state index in [0.29, 0.717) is 12.1 Å². The zero-order valence-electron chi connectivity index (χ0n) is 16.3. The van der Waals surface area contributed by atoms with Crippen molar-refractivity contribution in [3.05, 3.63) is 75.7 Å². The van der Waals surface area contributed by atoms with Gasteiger partial charge >= 0.3 is 0 Å². The highest BCUT2D eigenvalue weighted by Crippen LogP contribution is 2.25. The Labute approximate surface area is 187 Å². The van der Waals surface area contributed by atoms with Gasteiger partial charge in [0.2, 0.25) is 6.10 Å². The second kappa shape index (κ2) is 8.95. The van der Waals surface area contributed by atoms with E-state index in [2.05, 4.69) is 15.6 Å². The fraction of sp³-hybridized carbons (Fsp3) is 0.190. The van der Waals surface area contributed by atoms with Gasteiger partial charge in [-0.3, -0.25) is 9.48 Å². The van der Waals surface area contributed by atoms with Crippen LogP contribution in [-0.2, 0) is 16.2 Å². The van der Waals surface area contributed by atoms with Gasteiger partial charge in [-0.15, -0.1) is 0 Å². The molecular formula is C21H17Cl2FN4O3. The number of methoxy groups -OCH3 is 1. The van der Waals surface area contributed by atoms with Gasteiger partial charge in [-0.1, -0.05) is 34.4 Å². The predicted octanol–water partition coefficient (Wildman–Crippen LogP) is 4.52. The van der Waals surface area contributed by atoms with E-state index in [0.717, 1.165) is 11.3 Å². The second-order valence-electron chi connectivity index (χ2n) is 6.78. The van der Waals surface area contributed by atoms with Crippen LogP contribution in [0.2, 0.25) is 10.0 Å². The summed E-state index contributed by atoms with van der Waals surface area (Å²) in [6.07, 6.45) is 0.954. The van der Waals surface area contributed by atoms with Gasteiger partial charge < -0.3 is 14.9 Å². The molecule has 1 N–H and O–H groups in total. The number of ether oxygens (including phenoxy) is 1. The number of hydrogen-bond acceptors (Lipinski definition) is 5. The predicted molar refractivity (Wildman–Crippen MR) is 115 cm³/mol. The zero-order valence-corrected chi connectivity index (χ0v) is 17.8. The van der Waals surface area contributed by atoms with Crippen LogP contribution in [0, 0.1) is 5.82 Å². The van der Waals surface area contributed by atoms with Crippen molar-refractivity contribution < 1.29 is 18.8 Å². The Kier molecular flexibility index (Phi) is 6.11. The molecule has 1 amide bonds. The first-order chi connectivity index (χ1) is 14.9. The van der Waals surface area contributed by atoms with Crippen molar-refractivity contribution in [3.8, 4) is 5.75 Å². The number of oxime groups is 1. The molecule has 0 spiro atoms. The smallest absolute Gasteiger partial charge is 0.269 e. The number of rotatable bonds is 6. The van der Waals surface area contributed by atoms with Gasteiger partial charge in [0.15, 0.2) is 5.82 Å². The number of anilines is 1. The third-order valence-corrected chi connectivity index (χ3v) is 5.36. The van der Waals surface area contributed by atoms with E-state index >= 15 is 0 Å². The number of benzene rings is 2. The first kappa shape index (κ1) is 21.1. The van der Waals surface area contributed by atoms with Crippen molar-refractivity contribution in [3.63, 3.8) is 0 Å². The molecule has 1 aliphatic heterocycles. The Balaban J connectivity index is 1.40. The van der Waals surface area contributed by atoms with Crippen molar-refractivity contribution in [2.24, 2.45) is 5.16 Å². The summed E-state index contributed by atoms with van der Waals surface area (Å²) in [5.41, 5.74) is 1.76. The Morgan fingerprint density at radius 2 is 2.03 bits per heavy atom. The van der Waals surface area contributed by atoms with Crippen molar-refractivity contribution in [1.29, 1.82) is 0 Å². The summed E-state index contributed by atoms with van der Waals surface area (Å²) in [6.45, 7) is 0.0613. The molecule has 0 aliphatic carbocycles. The van der Waals surface area contributed by atoms with E-state index in [4.69, 9.17) is 32.8 Å². The molecule has 2 heterocycles. The van der Waals surface area contributed by atoms with Crippen LogP contribution in [0.1, 0.15) is 17.5 Å². The number of nitrogens with zero attached hydrogens (tertiary/aromatic N) is 3. The maximum atomic E-state index is 14.0. The quantitative estimate of drug-likeness (QED) is 0.584. The molecule has 4 rings (SSSR count). The molecule has 0 radical (unpaired) electrons. The SMILES string of the molecule is COc1ccc(C2=NOC(C(=O)Nc3nn(Cc4c(F)cccc4Cl)cc3Cl)C2)cc1. The first-order valence-electron chi connectivity index (χ1n) is 9.28. The van der Waals surface area contributed by atoms with Crippen molar-refractivity contribution in [1.82, 2.24) is 9.78 Å². The summed E-state index contributed by atoms with van der Waals surface area (Å²) in [6, 6.07) is 11.7. The van der Waals surface area contributed by atoms with E-state index in [-0.39, 0.29) is 28.0 Å². The van der Waals surface area contributed by atoms with Gasteiger partial charge in [0.1, 0.15) is 16.6 Å². The molecule has 0 fully saturated rings. The molecule has 10 heteroatoms. The molecule has 1 aromatic heterocycles. The minimum Gasteiger partial charge on any atom is -0.497 e. The van der Waals surface area contributed by atoms with Crippen LogP contribution in [0.4, 0.5) is 10.2 Å². The number of hydrogen-bond donors (Lipinski definition) is 1. The Morgan fingerprint density at radius 3 is 2.74 bits per heavy atom. The molecule has 3 aromatic rings. The fourth-order valence-corrected chi connectivity index (χ4v) is 3.50. The fourth-order valence-electron chi connectivity index (χ4n) is 3.08. The van der Waals surface area contributed by atoms with Gasteiger partial charge in [0, 0.05) is 23.2 Å². The Morgan fingerprint density at radius 1 is 1.26 bits per heavy atom. The number of amides is 1. The van der Waals surface area contributed by atoms with Gasteiger partial charge in [0.05, 0.1) is 19.4 Å².